The second-order valence-electron chi connectivity index (χ2n) is 10.0. The predicted octanol–water partition coefficient (Wildman–Crippen LogP) is 5.23. The first kappa shape index (κ1) is 27.3. The molecule has 2 aromatic carbocycles. The summed E-state index contributed by atoms with van der Waals surface area (Å²) in [6.45, 7) is 3.70. The molecule has 0 radical (unpaired) electrons. The predicted molar refractivity (Wildman–Crippen MR) is 164 cm³/mol. The number of nitrogens with one attached hydrogen (secondary N) is 1. The number of amides is 1. The molecule has 210 valence electrons. The van der Waals surface area contributed by atoms with E-state index in [2.05, 4.69) is 26.1 Å². The molecule has 1 amide bonds. The second-order valence-corrected chi connectivity index (χ2v) is 11.9. The lowest BCUT2D eigenvalue weighted by Gasteiger charge is -2.26. The van der Waals surface area contributed by atoms with Crippen molar-refractivity contribution in [1.29, 1.82) is 0 Å². The number of carbonyl (C=O) groups is 1. The van der Waals surface area contributed by atoms with Gasteiger partial charge in [-0.2, -0.15) is 0 Å². The van der Waals surface area contributed by atoms with Gasteiger partial charge in [0.2, 0.25) is 5.88 Å². The Morgan fingerprint density at radius 1 is 1.12 bits per heavy atom. The molecule has 1 atom stereocenters. The van der Waals surface area contributed by atoms with Gasteiger partial charge in [0.15, 0.2) is 4.80 Å². The number of para-hydroxylation sites is 1. The van der Waals surface area contributed by atoms with Gasteiger partial charge in [0.1, 0.15) is 11.5 Å². The lowest BCUT2D eigenvalue weighted by molar-refractivity contribution is -0.113. The number of benzene rings is 2. The topological polar surface area (TPSA) is 89.1 Å². The standard InChI is InChI=1S/C31H29BrN4O4S/c1-19-26(28(37)34-21-9-5-3-6-10-21)27(20-11-13-22(39-2)14-12-20)36-29(38)25(41-31(36)33-19)18-23-17-24(32)30(40-23)35-15-7-4-8-16-35/h3,5-6,9-14,17-18,27H,4,7-8,15-16H2,1-2H3,(H,34,37)/b25-18+/t27-/m1/s1. The maximum atomic E-state index is 14.0. The third-order valence-corrected chi connectivity index (χ3v) is 8.89. The smallest absolute Gasteiger partial charge is 0.271 e. The normalized spacial score (nSPS) is 17.3. The van der Waals surface area contributed by atoms with Gasteiger partial charge in [-0.1, -0.05) is 41.7 Å². The fourth-order valence-corrected chi connectivity index (χ4v) is 6.91. The van der Waals surface area contributed by atoms with Gasteiger partial charge in [0.25, 0.3) is 11.5 Å². The minimum atomic E-state index is -0.671. The molecule has 4 aromatic rings. The van der Waals surface area contributed by atoms with Crippen LogP contribution in [0.3, 0.4) is 0 Å². The summed E-state index contributed by atoms with van der Waals surface area (Å²) in [6, 6.07) is 17.9. The number of thiazole rings is 1. The van der Waals surface area contributed by atoms with Crippen molar-refractivity contribution in [3.05, 3.63) is 107 Å². The Bertz CT molecular complexity index is 1800. The number of halogens is 1. The average molecular weight is 634 g/mol. The average Bonchev–Trinajstić information content (AvgIpc) is 3.51. The van der Waals surface area contributed by atoms with Gasteiger partial charge >= 0.3 is 0 Å². The number of ether oxygens (including phenoxy) is 1. The Kier molecular flexibility index (Phi) is 7.68. The number of anilines is 2. The van der Waals surface area contributed by atoms with Gasteiger partial charge in [-0.15, -0.1) is 0 Å². The van der Waals surface area contributed by atoms with Crippen molar-refractivity contribution in [2.24, 2.45) is 4.99 Å². The Labute approximate surface area is 249 Å². The Morgan fingerprint density at radius 3 is 2.56 bits per heavy atom. The first-order chi connectivity index (χ1) is 19.9. The maximum absolute atomic E-state index is 14.0. The van der Waals surface area contributed by atoms with Gasteiger partial charge in [0.05, 0.1) is 33.4 Å². The molecule has 2 aliphatic rings. The Hall–Kier alpha value is -3.89. The fraction of sp³-hybridized carbons (Fsp3) is 0.258. The minimum absolute atomic E-state index is 0.237. The molecule has 2 aliphatic heterocycles. The number of nitrogens with zero attached hydrogens (tertiary/aromatic N) is 3. The molecule has 8 nitrogen and oxygen atoms in total. The van der Waals surface area contributed by atoms with Crippen LogP contribution in [0, 0.1) is 0 Å². The van der Waals surface area contributed by atoms with Crippen molar-refractivity contribution in [2.75, 3.05) is 30.4 Å². The third-order valence-electron chi connectivity index (χ3n) is 7.33. The summed E-state index contributed by atoms with van der Waals surface area (Å²) in [5.41, 5.74) is 2.17. The van der Waals surface area contributed by atoms with Gasteiger partial charge in [0, 0.05) is 30.9 Å². The van der Waals surface area contributed by atoms with Gasteiger partial charge in [-0.05, 0) is 71.9 Å². The summed E-state index contributed by atoms with van der Waals surface area (Å²) < 4.78 is 14.5. The van der Waals surface area contributed by atoms with Crippen LogP contribution in [0.15, 0.2) is 90.6 Å². The maximum Gasteiger partial charge on any atom is 0.271 e. The zero-order valence-electron chi connectivity index (χ0n) is 22.7. The monoisotopic (exact) mass is 632 g/mol. The summed E-state index contributed by atoms with van der Waals surface area (Å²) >= 11 is 4.92. The molecule has 10 heteroatoms. The van der Waals surface area contributed by atoms with Crippen LogP contribution in [0.25, 0.3) is 6.08 Å². The number of rotatable bonds is 6. The summed E-state index contributed by atoms with van der Waals surface area (Å²) in [5, 5.41) is 2.98. The molecule has 41 heavy (non-hydrogen) atoms. The lowest BCUT2D eigenvalue weighted by Crippen LogP contribution is -2.40. The number of carbonyl (C=O) groups excluding carboxylic acids is 1. The summed E-state index contributed by atoms with van der Waals surface area (Å²) in [7, 11) is 1.60. The van der Waals surface area contributed by atoms with Crippen LogP contribution < -0.4 is 29.8 Å². The fourth-order valence-electron chi connectivity index (χ4n) is 5.32. The Morgan fingerprint density at radius 2 is 1.85 bits per heavy atom. The number of aromatic nitrogens is 1. The molecule has 4 heterocycles. The Balaban J connectivity index is 1.44. The molecule has 0 bridgehead atoms. The highest BCUT2D eigenvalue weighted by Crippen LogP contribution is 2.33. The van der Waals surface area contributed by atoms with E-state index < -0.39 is 6.04 Å². The molecular formula is C31H29BrN4O4S. The van der Waals surface area contributed by atoms with E-state index in [0.717, 1.165) is 41.9 Å². The number of hydrogen-bond donors (Lipinski definition) is 1. The van der Waals surface area contributed by atoms with E-state index in [1.54, 1.807) is 17.8 Å². The largest absolute Gasteiger partial charge is 0.497 e. The van der Waals surface area contributed by atoms with Crippen LogP contribution >= 0.6 is 27.3 Å². The van der Waals surface area contributed by atoms with Crippen molar-refractivity contribution in [3.63, 3.8) is 0 Å². The van der Waals surface area contributed by atoms with Gasteiger partial charge in [-0.25, -0.2) is 4.99 Å². The van der Waals surface area contributed by atoms with Crippen LogP contribution in [0.5, 0.6) is 5.75 Å². The van der Waals surface area contributed by atoms with Crippen LogP contribution in [0.1, 0.15) is 43.6 Å². The van der Waals surface area contributed by atoms with Crippen molar-refractivity contribution in [3.8, 4) is 5.75 Å². The van der Waals surface area contributed by atoms with Crippen LogP contribution in [0.2, 0.25) is 0 Å². The van der Waals surface area contributed by atoms with E-state index >= 15 is 0 Å². The second kappa shape index (κ2) is 11.5. The first-order valence-electron chi connectivity index (χ1n) is 13.5. The summed E-state index contributed by atoms with van der Waals surface area (Å²) in [5.74, 6) is 1.75. The first-order valence-corrected chi connectivity index (χ1v) is 15.1. The van der Waals surface area contributed by atoms with Crippen molar-refractivity contribution >= 4 is 50.8 Å². The molecular weight excluding hydrogens is 604 g/mol. The number of furan rings is 1. The molecule has 0 saturated carbocycles. The van der Waals surface area contributed by atoms with Crippen molar-refractivity contribution in [1.82, 2.24) is 4.57 Å². The SMILES string of the molecule is COc1ccc([C@@H]2C(C(=O)Nc3ccccc3)=C(C)N=c3s/c(=C/c4cc(Br)c(N5CCCCC5)o4)c(=O)n32)cc1. The highest BCUT2D eigenvalue weighted by molar-refractivity contribution is 9.10. The minimum Gasteiger partial charge on any atom is -0.497 e. The quantitative estimate of drug-likeness (QED) is 0.314. The van der Waals surface area contributed by atoms with E-state index in [4.69, 9.17) is 14.1 Å². The number of fused-ring (bicyclic) bond motifs is 1. The highest BCUT2D eigenvalue weighted by Gasteiger charge is 2.32. The van der Waals surface area contributed by atoms with E-state index in [1.807, 2.05) is 67.6 Å². The van der Waals surface area contributed by atoms with Crippen LogP contribution in [0.4, 0.5) is 11.6 Å². The summed E-state index contributed by atoms with van der Waals surface area (Å²) in [6.07, 6.45) is 5.25. The highest BCUT2D eigenvalue weighted by atomic mass is 79.9. The van der Waals surface area contributed by atoms with E-state index in [1.165, 1.54) is 17.8 Å². The van der Waals surface area contributed by atoms with Crippen LogP contribution in [-0.4, -0.2) is 30.7 Å². The number of piperidine rings is 1. The molecule has 0 unspecified atom stereocenters. The van der Waals surface area contributed by atoms with E-state index in [-0.39, 0.29) is 11.5 Å². The van der Waals surface area contributed by atoms with Crippen LogP contribution in [-0.2, 0) is 4.79 Å². The van der Waals surface area contributed by atoms with Gasteiger partial charge < -0.3 is 19.4 Å². The van der Waals surface area contributed by atoms with E-state index in [0.29, 0.717) is 37.8 Å². The number of methoxy groups -OCH3 is 1. The third kappa shape index (κ3) is 5.41. The molecule has 2 aromatic heterocycles. The van der Waals surface area contributed by atoms with Crippen molar-refractivity contribution in [2.45, 2.75) is 32.2 Å². The number of allylic oxidation sites excluding steroid dienone is 1. The lowest BCUT2D eigenvalue weighted by atomic mass is 9.95. The molecule has 1 N–H and O–H groups in total. The molecule has 1 saturated heterocycles. The van der Waals surface area contributed by atoms with Gasteiger partial charge in [-0.3, -0.25) is 14.2 Å². The molecule has 6 rings (SSSR count). The number of hydrogen-bond acceptors (Lipinski definition) is 7. The summed E-state index contributed by atoms with van der Waals surface area (Å²) in [4.78, 5) is 35.2. The zero-order valence-corrected chi connectivity index (χ0v) is 25.1. The molecule has 0 aliphatic carbocycles. The van der Waals surface area contributed by atoms with Crippen molar-refractivity contribution < 1.29 is 13.9 Å². The van der Waals surface area contributed by atoms with E-state index in [9.17, 15) is 9.59 Å². The zero-order chi connectivity index (χ0) is 28.5. The molecule has 0 spiro atoms. The molecule has 1 fully saturated rings.